The van der Waals surface area contributed by atoms with Crippen LogP contribution in [0, 0.1) is 0 Å². The van der Waals surface area contributed by atoms with Crippen LogP contribution in [-0.2, 0) is 10.0 Å². The van der Waals surface area contributed by atoms with E-state index in [1.54, 1.807) is 18.2 Å². The van der Waals surface area contributed by atoms with Crippen molar-refractivity contribution in [1.29, 1.82) is 0 Å². The average Bonchev–Trinajstić information content (AvgIpc) is 2.47. The summed E-state index contributed by atoms with van der Waals surface area (Å²) in [5, 5.41) is 0.571. The second-order valence-corrected chi connectivity index (χ2v) is 8.11. The second kappa shape index (κ2) is 5.77. The summed E-state index contributed by atoms with van der Waals surface area (Å²) in [6.45, 7) is 2.02. The van der Waals surface area contributed by atoms with Crippen molar-refractivity contribution in [2.45, 2.75) is 4.90 Å². The summed E-state index contributed by atoms with van der Waals surface area (Å²) in [4.78, 5) is 13.8. The van der Waals surface area contributed by atoms with Gasteiger partial charge >= 0.3 is 5.63 Å². The molecule has 2 aromatic rings. The van der Waals surface area contributed by atoms with Gasteiger partial charge in [0.2, 0.25) is 10.0 Å². The van der Waals surface area contributed by atoms with Crippen LogP contribution < -0.4 is 5.63 Å². The van der Waals surface area contributed by atoms with E-state index in [9.17, 15) is 13.2 Å². The number of benzene rings is 1. The van der Waals surface area contributed by atoms with Crippen LogP contribution in [0.25, 0.3) is 11.0 Å². The predicted molar refractivity (Wildman–Crippen MR) is 86.4 cm³/mol. The smallest absolute Gasteiger partial charge is 0.356 e. The molecule has 1 saturated heterocycles. The molecule has 0 aliphatic carbocycles. The Morgan fingerprint density at radius 3 is 2.50 bits per heavy atom. The van der Waals surface area contributed by atoms with Gasteiger partial charge in [-0.25, -0.2) is 13.2 Å². The number of rotatable bonds is 2. The van der Waals surface area contributed by atoms with Gasteiger partial charge in [-0.05, 0) is 31.3 Å². The maximum absolute atomic E-state index is 12.7. The molecule has 1 aliphatic rings. The van der Waals surface area contributed by atoms with Crippen molar-refractivity contribution in [3.63, 3.8) is 0 Å². The first-order valence-electron chi connectivity index (χ1n) is 6.80. The fraction of sp³-hybridized carbons (Fsp3) is 0.357. The first-order valence-corrected chi connectivity index (χ1v) is 9.03. The number of sulfonamides is 1. The van der Waals surface area contributed by atoms with Crippen LogP contribution in [0.2, 0.25) is 0 Å². The van der Waals surface area contributed by atoms with Gasteiger partial charge in [0.1, 0.15) is 5.58 Å². The SMILES string of the molecule is CN1CCN(S(=O)(=O)c2cc3cc(Br)ccc3oc2=O)CC1. The van der Waals surface area contributed by atoms with Gasteiger partial charge in [0.05, 0.1) is 0 Å². The molecule has 118 valence electrons. The molecule has 1 aromatic heterocycles. The third kappa shape index (κ3) is 2.83. The van der Waals surface area contributed by atoms with Gasteiger partial charge in [-0.15, -0.1) is 0 Å². The third-order valence-electron chi connectivity index (χ3n) is 3.74. The Hall–Kier alpha value is -1.22. The van der Waals surface area contributed by atoms with Crippen molar-refractivity contribution < 1.29 is 12.8 Å². The molecule has 3 rings (SSSR count). The van der Waals surface area contributed by atoms with Crippen molar-refractivity contribution in [2.24, 2.45) is 0 Å². The summed E-state index contributed by atoms with van der Waals surface area (Å²) < 4.78 is 32.6. The van der Waals surface area contributed by atoms with Gasteiger partial charge in [0.15, 0.2) is 4.90 Å². The van der Waals surface area contributed by atoms with E-state index in [1.165, 1.54) is 10.4 Å². The Labute approximate surface area is 136 Å². The molecule has 0 unspecified atom stereocenters. The molecule has 0 bridgehead atoms. The summed E-state index contributed by atoms with van der Waals surface area (Å²) in [5.41, 5.74) is -0.459. The minimum Gasteiger partial charge on any atom is -0.422 e. The Bertz CT molecular complexity index is 870. The Morgan fingerprint density at radius 2 is 1.82 bits per heavy atom. The summed E-state index contributed by atoms with van der Waals surface area (Å²) in [5.74, 6) is 0. The molecule has 22 heavy (non-hydrogen) atoms. The van der Waals surface area contributed by atoms with Crippen LogP contribution in [0.1, 0.15) is 0 Å². The normalized spacial score (nSPS) is 17.9. The lowest BCUT2D eigenvalue weighted by atomic mass is 10.2. The number of likely N-dealkylation sites (N-methyl/N-ethyl adjacent to an activating group) is 1. The van der Waals surface area contributed by atoms with Crippen molar-refractivity contribution in [1.82, 2.24) is 9.21 Å². The number of nitrogens with zero attached hydrogens (tertiary/aromatic N) is 2. The van der Waals surface area contributed by atoms with Crippen LogP contribution in [0.15, 0.2) is 42.8 Å². The van der Waals surface area contributed by atoms with E-state index in [2.05, 4.69) is 15.9 Å². The van der Waals surface area contributed by atoms with E-state index in [4.69, 9.17) is 4.42 Å². The summed E-state index contributed by atoms with van der Waals surface area (Å²) in [6.07, 6.45) is 0. The quantitative estimate of drug-likeness (QED) is 0.731. The molecule has 8 heteroatoms. The molecule has 1 aromatic carbocycles. The highest BCUT2D eigenvalue weighted by Gasteiger charge is 2.30. The standard InChI is InChI=1S/C14H15BrN2O4S/c1-16-4-6-17(7-5-16)22(19,20)13-9-10-8-11(15)2-3-12(10)21-14(13)18/h2-3,8-9H,4-7H2,1H3. The molecular formula is C14H15BrN2O4S. The summed E-state index contributed by atoms with van der Waals surface area (Å²) in [6, 6.07) is 6.48. The van der Waals surface area contributed by atoms with E-state index < -0.39 is 15.6 Å². The van der Waals surface area contributed by atoms with Gasteiger partial charge in [0, 0.05) is 36.0 Å². The molecule has 1 aliphatic heterocycles. The first-order chi connectivity index (χ1) is 10.4. The molecule has 0 radical (unpaired) electrons. The van der Waals surface area contributed by atoms with E-state index >= 15 is 0 Å². The fourth-order valence-corrected chi connectivity index (χ4v) is 4.25. The lowest BCUT2D eigenvalue weighted by Gasteiger charge is -2.31. The molecular weight excluding hydrogens is 372 g/mol. The topological polar surface area (TPSA) is 70.8 Å². The van der Waals surface area contributed by atoms with Gasteiger partial charge in [-0.2, -0.15) is 4.31 Å². The number of hydrogen-bond acceptors (Lipinski definition) is 5. The Balaban J connectivity index is 2.08. The molecule has 0 spiro atoms. The highest BCUT2D eigenvalue weighted by atomic mass is 79.9. The molecule has 0 N–H and O–H groups in total. The molecule has 1 fully saturated rings. The maximum Gasteiger partial charge on any atom is 0.356 e. The lowest BCUT2D eigenvalue weighted by molar-refractivity contribution is 0.222. The van der Waals surface area contributed by atoms with Crippen LogP contribution in [0.5, 0.6) is 0 Å². The minimum absolute atomic E-state index is 0.303. The largest absolute Gasteiger partial charge is 0.422 e. The maximum atomic E-state index is 12.7. The third-order valence-corrected chi connectivity index (χ3v) is 6.12. The van der Waals surface area contributed by atoms with E-state index in [0.29, 0.717) is 37.1 Å². The van der Waals surface area contributed by atoms with Gasteiger partial charge < -0.3 is 9.32 Å². The molecule has 0 atom stereocenters. The zero-order chi connectivity index (χ0) is 15.9. The molecule has 0 saturated carbocycles. The van der Waals surface area contributed by atoms with Gasteiger partial charge in [0.25, 0.3) is 0 Å². The van der Waals surface area contributed by atoms with Crippen LogP contribution in [0.4, 0.5) is 0 Å². The lowest BCUT2D eigenvalue weighted by Crippen LogP contribution is -2.47. The zero-order valence-corrected chi connectivity index (χ0v) is 14.4. The summed E-state index contributed by atoms with van der Waals surface area (Å²) >= 11 is 3.32. The molecule has 0 amide bonds. The van der Waals surface area contributed by atoms with Gasteiger partial charge in [-0.3, -0.25) is 0 Å². The van der Waals surface area contributed by atoms with E-state index in [-0.39, 0.29) is 4.90 Å². The summed E-state index contributed by atoms with van der Waals surface area (Å²) in [7, 11) is -1.90. The van der Waals surface area contributed by atoms with Gasteiger partial charge in [-0.1, -0.05) is 15.9 Å². The Morgan fingerprint density at radius 1 is 1.14 bits per heavy atom. The second-order valence-electron chi connectivity index (χ2n) is 5.29. The minimum atomic E-state index is -3.84. The van der Waals surface area contributed by atoms with Crippen LogP contribution in [0.3, 0.4) is 0 Å². The van der Waals surface area contributed by atoms with Crippen molar-refractivity contribution >= 4 is 36.9 Å². The fourth-order valence-electron chi connectivity index (χ4n) is 2.42. The van der Waals surface area contributed by atoms with Crippen molar-refractivity contribution in [3.05, 3.63) is 39.2 Å². The van der Waals surface area contributed by atoms with Crippen molar-refractivity contribution in [2.75, 3.05) is 33.2 Å². The first kappa shape index (κ1) is 15.7. The number of piperazine rings is 1. The average molecular weight is 387 g/mol. The van der Waals surface area contributed by atoms with E-state index in [0.717, 1.165) is 4.47 Å². The van der Waals surface area contributed by atoms with Crippen molar-refractivity contribution in [3.8, 4) is 0 Å². The van der Waals surface area contributed by atoms with Crippen LogP contribution in [-0.4, -0.2) is 50.8 Å². The number of halogens is 1. The highest BCUT2D eigenvalue weighted by molar-refractivity contribution is 9.10. The van der Waals surface area contributed by atoms with Crippen LogP contribution >= 0.6 is 15.9 Å². The molecule has 2 heterocycles. The number of hydrogen-bond donors (Lipinski definition) is 0. The zero-order valence-electron chi connectivity index (χ0n) is 12.0. The van der Waals surface area contributed by atoms with E-state index in [1.807, 2.05) is 11.9 Å². The monoisotopic (exact) mass is 386 g/mol. The highest BCUT2D eigenvalue weighted by Crippen LogP contribution is 2.22. The predicted octanol–water partition coefficient (Wildman–Crippen LogP) is 1.49. The Kier molecular flexibility index (Phi) is 4.11. The number of fused-ring (bicyclic) bond motifs is 1. The molecule has 6 nitrogen and oxygen atoms in total.